The molecule has 5 nitrogen and oxygen atoms in total. The molecule has 0 radical (unpaired) electrons. The minimum Gasteiger partial charge on any atom is -0.480 e. The van der Waals surface area contributed by atoms with Crippen LogP contribution in [0.25, 0.3) is 10.9 Å². The topological polar surface area (TPSA) is 71.3 Å². The number of carboxylic acid groups (broad SMARTS) is 1. The van der Waals surface area contributed by atoms with Crippen molar-refractivity contribution in [2.75, 3.05) is 12.0 Å². The van der Waals surface area contributed by atoms with Gasteiger partial charge in [-0.1, -0.05) is 0 Å². The van der Waals surface area contributed by atoms with Gasteiger partial charge in [-0.15, -0.1) is 0 Å². The molecule has 1 amide bonds. The molecule has 0 aliphatic rings. The lowest BCUT2D eigenvalue weighted by Gasteiger charge is -2.14. The van der Waals surface area contributed by atoms with Gasteiger partial charge in [-0.2, -0.15) is 11.8 Å². The molecule has 0 aliphatic carbocycles. The maximum absolute atomic E-state index is 13.3. The molecule has 7 heteroatoms. The van der Waals surface area contributed by atoms with Gasteiger partial charge in [0.05, 0.1) is 5.52 Å². The number of hydrogen-bond donors (Lipinski definition) is 2. The number of rotatable bonds is 7. The molecule has 1 heterocycles. The zero-order valence-corrected chi connectivity index (χ0v) is 12.9. The van der Waals surface area contributed by atoms with Gasteiger partial charge >= 0.3 is 5.97 Å². The molecule has 1 atom stereocenters. The Labute approximate surface area is 131 Å². The lowest BCUT2D eigenvalue weighted by Crippen LogP contribution is -2.42. The zero-order valence-electron chi connectivity index (χ0n) is 12.1. The second-order valence-electron chi connectivity index (χ2n) is 4.89. The van der Waals surface area contributed by atoms with E-state index < -0.39 is 17.9 Å². The van der Waals surface area contributed by atoms with Crippen LogP contribution in [0.5, 0.6) is 0 Å². The molecule has 1 aromatic carbocycles. The fraction of sp³-hybridized carbons (Fsp3) is 0.333. The number of thioether (sulfide) groups is 1. The maximum Gasteiger partial charge on any atom is 0.326 e. The number of carbonyl (C=O) groups excluding carboxylic acids is 1. The van der Waals surface area contributed by atoms with E-state index in [1.54, 1.807) is 22.9 Å². The van der Waals surface area contributed by atoms with Crippen molar-refractivity contribution in [1.82, 2.24) is 9.88 Å². The summed E-state index contributed by atoms with van der Waals surface area (Å²) in [6, 6.07) is 5.22. The number of aliphatic carboxylic acids is 1. The van der Waals surface area contributed by atoms with Gasteiger partial charge in [0.2, 0.25) is 5.91 Å². The van der Waals surface area contributed by atoms with Crippen molar-refractivity contribution in [1.29, 1.82) is 0 Å². The molecule has 0 spiro atoms. The molecule has 2 aromatic rings. The van der Waals surface area contributed by atoms with E-state index in [1.807, 2.05) is 6.26 Å². The van der Waals surface area contributed by atoms with Crippen LogP contribution in [0.3, 0.4) is 0 Å². The van der Waals surface area contributed by atoms with Crippen molar-refractivity contribution < 1.29 is 19.1 Å². The highest BCUT2D eigenvalue weighted by Crippen LogP contribution is 2.17. The van der Waals surface area contributed by atoms with Gasteiger partial charge in [0.25, 0.3) is 0 Å². The minimum atomic E-state index is -1.05. The molecule has 2 rings (SSSR count). The quantitative estimate of drug-likeness (QED) is 0.818. The highest BCUT2D eigenvalue weighted by atomic mass is 32.2. The van der Waals surface area contributed by atoms with Gasteiger partial charge in [0, 0.05) is 6.20 Å². The number of fused-ring (bicyclic) bond motifs is 1. The zero-order chi connectivity index (χ0) is 16.1. The van der Waals surface area contributed by atoms with Crippen LogP contribution in [-0.2, 0) is 16.1 Å². The summed E-state index contributed by atoms with van der Waals surface area (Å²) >= 11 is 1.52. The molecular formula is C15H17FN2O3S. The number of halogens is 1. The van der Waals surface area contributed by atoms with Gasteiger partial charge in [-0.25, -0.2) is 9.18 Å². The SMILES string of the molecule is CSCC[C@@H](NC(=O)Cn1ccc2ccc(F)cc21)C(=O)O. The van der Waals surface area contributed by atoms with Crippen LogP contribution in [0, 0.1) is 5.82 Å². The lowest BCUT2D eigenvalue weighted by molar-refractivity contribution is -0.141. The molecule has 0 saturated carbocycles. The molecule has 0 bridgehead atoms. The van der Waals surface area contributed by atoms with E-state index in [1.165, 1.54) is 23.9 Å². The first kappa shape index (κ1) is 16.4. The van der Waals surface area contributed by atoms with Crippen LogP contribution in [0.1, 0.15) is 6.42 Å². The van der Waals surface area contributed by atoms with E-state index in [9.17, 15) is 14.0 Å². The van der Waals surface area contributed by atoms with Crippen LogP contribution in [0.4, 0.5) is 4.39 Å². The third-order valence-electron chi connectivity index (χ3n) is 3.29. The Morgan fingerprint density at radius 2 is 2.18 bits per heavy atom. The first-order valence-electron chi connectivity index (χ1n) is 6.76. The summed E-state index contributed by atoms with van der Waals surface area (Å²) in [7, 11) is 0. The van der Waals surface area contributed by atoms with E-state index >= 15 is 0 Å². The Balaban J connectivity index is 2.06. The highest BCUT2D eigenvalue weighted by Gasteiger charge is 2.19. The molecule has 0 fully saturated rings. The summed E-state index contributed by atoms with van der Waals surface area (Å²) in [4.78, 5) is 23.1. The first-order chi connectivity index (χ1) is 10.5. The van der Waals surface area contributed by atoms with Crippen LogP contribution < -0.4 is 5.32 Å². The molecule has 1 aromatic heterocycles. The first-order valence-corrected chi connectivity index (χ1v) is 8.16. The Bertz CT molecular complexity index is 686. The number of nitrogens with one attached hydrogen (secondary N) is 1. The van der Waals surface area contributed by atoms with Crippen molar-refractivity contribution in [3.05, 3.63) is 36.3 Å². The molecule has 22 heavy (non-hydrogen) atoms. The number of carbonyl (C=O) groups is 2. The standard InChI is InChI=1S/C15H17FN2O3S/c1-22-7-5-12(15(20)21)17-14(19)9-18-6-4-10-2-3-11(16)8-13(10)18/h2-4,6,8,12H,5,7,9H2,1H3,(H,17,19)(H,20,21)/t12-/m1/s1. The van der Waals surface area contributed by atoms with Crippen LogP contribution in [0.15, 0.2) is 30.5 Å². The second kappa shape index (κ2) is 7.31. The fourth-order valence-corrected chi connectivity index (χ4v) is 2.65. The largest absolute Gasteiger partial charge is 0.480 e. The average molecular weight is 324 g/mol. The minimum absolute atomic E-state index is 0.0456. The Hall–Kier alpha value is -2.02. The Kier molecular flexibility index (Phi) is 5.43. The molecular weight excluding hydrogens is 307 g/mol. The van der Waals surface area contributed by atoms with Crippen LogP contribution in [0.2, 0.25) is 0 Å². The summed E-state index contributed by atoms with van der Waals surface area (Å²) in [6.07, 6.45) is 3.92. The van der Waals surface area contributed by atoms with Crippen LogP contribution >= 0.6 is 11.8 Å². The van der Waals surface area contributed by atoms with E-state index in [4.69, 9.17) is 5.11 Å². The highest BCUT2D eigenvalue weighted by molar-refractivity contribution is 7.98. The summed E-state index contributed by atoms with van der Waals surface area (Å²) < 4.78 is 14.9. The van der Waals surface area contributed by atoms with Crippen molar-refractivity contribution in [2.45, 2.75) is 19.0 Å². The summed E-state index contributed by atoms with van der Waals surface area (Å²) in [6.45, 7) is -0.0456. The summed E-state index contributed by atoms with van der Waals surface area (Å²) in [5, 5.41) is 12.4. The van der Waals surface area contributed by atoms with E-state index in [0.717, 1.165) is 5.39 Å². The number of carboxylic acids is 1. The van der Waals surface area contributed by atoms with Crippen molar-refractivity contribution in [3.8, 4) is 0 Å². The fourth-order valence-electron chi connectivity index (χ4n) is 2.18. The summed E-state index contributed by atoms with van der Waals surface area (Å²) in [5.41, 5.74) is 0.603. The molecule has 118 valence electrons. The lowest BCUT2D eigenvalue weighted by atomic mass is 10.2. The number of benzene rings is 1. The molecule has 0 saturated heterocycles. The third-order valence-corrected chi connectivity index (χ3v) is 3.94. The van der Waals surface area contributed by atoms with Crippen LogP contribution in [-0.4, -0.2) is 39.6 Å². The molecule has 2 N–H and O–H groups in total. The third kappa shape index (κ3) is 4.00. The number of amides is 1. The number of nitrogens with zero attached hydrogens (tertiary/aromatic N) is 1. The summed E-state index contributed by atoms with van der Waals surface area (Å²) in [5.74, 6) is -1.19. The smallest absolute Gasteiger partial charge is 0.326 e. The maximum atomic E-state index is 13.3. The Morgan fingerprint density at radius 3 is 2.86 bits per heavy atom. The van der Waals surface area contributed by atoms with Crippen molar-refractivity contribution in [3.63, 3.8) is 0 Å². The van der Waals surface area contributed by atoms with Crippen molar-refractivity contribution in [2.24, 2.45) is 0 Å². The molecule has 0 unspecified atom stereocenters. The number of aromatic nitrogens is 1. The van der Waals surface area contributed by atoms with Gasteiger partial charge < -0.3 is 15.0 Å². The van der Waals surface area contributed by atoms with E-state index in [2.05, 4.69) is 5.32 Å². The van der Waals surface area contributed by atoms with Gasteiger partial charge in [0.1, 0.15) is 18.4 Å². The average Bonchev–Trinajstić information content (AvgIpc) is 2.85. The second-order valence-corrected chi connectivity index (χ2v) is 5.87. The van der Waals surface area contributed by atoms with E-state index in [0.29, 0.717) is 17.7 Å². The predicted octanol–water partition coefficient (Wildman–Crippen LogP) is 2.10. The monoisotopic (exact) mass is 324 g/mol. The number of hydrogen-bond acceptors (Lipinski definition) is 3. The van der Waals surface area contributed by atoms with Gasteiger partial charge in [0.15, 0.2) is 0 Å². The Morgan fingerprint density at radius 1 is 1.41 bits per heavy atom. The van der Waals surface area contributed by atoms with Crippen molar-refractivity contribution >= 4 is 34.5 Å². The molecule has 0 aliphatic heterocycles. The van der Waals surface area contributed by atoms with Gasteiger partial charge in [-0.3, -0.25) is 4.79 Å². The van der Waals surface area contributed by atoms with Gasteiger partial charge in [-0.05, 0) is 48.1 Å². The predicted molar refractivity (Wildman–Crippen MR) is 84.5 cm³/mol. The van der Waals surface area contributed by atoms with E-state index in [-0.39, 0.29) is 12.4 Å². The normalized spacial score (nSPS) is 12.3.